The summed E-state index contributed by atoms with van der Waals surface area (Å²) in [4.78, 5) is 25.3. The van der Waals surface area contributed by atoms with Gasteiger partial charge in [-0.1, -0.05) is 39.1 Å². The molecule has 0 saturated heterocycles. The second kappa shape index (κ2) is 7.56. The summed E-state index contributed by atoms with van der Waals surface area (Å²) in [7, 11) is 0. The maximum Gasteiger partial charge on any atom is 0.419 e. The van der Waals surface area contributed by atoms with Crippen LogP contribution < -0.4 is 0 Å². The molecule has 0 aliphatic heterocycles. The first-order valence-corrected chi connectivity index (χ1v) is 9.47. The van der Waals surface area contributed by atoms with Gasteiger partial charge in [-0.15, -0.1) is 0 Å². The number of alkyl halides is 1. The van der Waals surface area contributed by atoms with Crippen LogP contribution in [-0.2, 0) is 14.8 Å². The lowest BCUT2D eigenvalue weighted by atomic mass is 10.1. The molecule has 0 spiro atoms. The van der Waals surface area contributed by atoms with Crippen molar-refractivity contribution in [3.63, 3.8) is 0 Å². The minimum atomic E-state index is -0.740. The summed E-state index contributed by atoms with van der Waals surface area (Å²) >= 11 is 15.8. The molecule has 0 amide bonds. The van der Waals surface area contributed by atoms with E-state index in [2.05, 4.69) is 15.9 Å². The Labute approximate surface area is 164 Å². The Balaban J connectivity index is 2.86. The van der Waals surface area contributed by atoms with Crippen LogP contribution in [0.2, 0.25) is 10.0 Å². The molecule has 136 valence electrons. The predicted octanol–water partition coefficient (Wildman–Crippen LogP) is 5.80. The highest BCUT2D eigenvalue weighted by atomic mass is 79.9. The van der Waals surface area contributed by atoms with Crippen LogP contribution in [0.3, 0.4) is 0 Å². The van der Waals surface area contributed by atoms with Gasteiger partial charge < -0.3 is 9.47 Å². The number of hydrogen-bond acceptors (Lipinski definition) is 4. The lowest BCUT2D eigenvalue weighted by Gasteiger charge is -2.20. The van der Waals surface area contributed by atoms with Gasteiger partial charge >= 0.3 is 12.1 Å². The van der Waals surface area contributed by atoms with Gasteiger partial charge in [-0.05, 0) is 39.8 Å². The molecule has 0 unspecified atom stereocenters. The average Bonchev–Trinajstić information content (AvgIpc) is 2.80. The van der Waals surface area contributed by atoms with Crippen molar-refractivity contribution in [1.82, 2.24) is 4.57 Å². The van der Waals surface area contributed by atoms with Crippen molar-refractivity contribution in [3.8, 4) is 0 Å². The van der Waals surface area contributed by atoms with Gasteiger partial charge in [0.15, 0.2) is 0 Å². The van der Waals surface area contributed by atoms with Crippen molar-refractivity contribution in [1.29, 1.82) is 0 Å². The number of ether oxygens (including phenoxy) is 2. The Kier molecular flexibility index (Phi) is 6.07. The number of esters is 1. The molecule has 8 heteroatoms. The first-order valence-electron chi connectivity index (χ1n) is 7.59. The first-order chi connectivity index (χ1) is 11.6. The van der Waals surface area contributed by atoms with Gasteiger partial charge in [0.2, 0.25) is 0 Å². The molecule has 1 aromatic carbocycles. The quantitative estimate of drug-likeness (QED) is 0.437. The number of hydrogen-bond donors (Lipinski definition) is 0. The van der Waals surface area contributed by atoms with Gasteiger partial charge in [-0.25, -0.2) is 14.2 Å². The fourth-order valence-corrected chi connectivity index (χ4v) is 3.59. The maximum atomic E-state index is 12.8. The summed E-state index contributed by atoms with van der Waals surface area (Å²) < 4.78 is 11.8. The number of halogens is 3. The fraction of sp³-hybridized carbons (Fsp3) is 0.412. The molecule has 25 heavy (non-hydrogen) atoms. The van der Waals surface area contributed by atoms with Crippen LogP contribution in [0, 0.1) is 0 Å². The summed E-state index contributed by atoms with van der Waals surface area (Å²) in [6, 6.07) is 3.13. The maximum absolute atomic E-state index is 12.8. The Morgan fingerprint density at radius 3 is 2.40 bits per heavy atom. The Bertz CT molecular complexity index is 840. The van der Waals surface area contributed by atoms with Crippen molar-refractivity contribution in [2.75, 3.05) is 6.61 Å². The summed E-state index contributed by atoms with van der Waals surface area (Å²) in [5, 5.41) is 1.53. The lowest BCUT2D eigenvalue weighted by Crippen LogP contribution is -2.29. The zero-order valence-electron chi connectivity index (χ0n) is 14.3. The van der Waals surface area contributed by atoms with E-state index in [1.54, 1.807) is 39.8 Å². The van der Waals surface area contributed by atoms with E-state index in [4.69, 9.17) is 32.7 Å². The van der Waals surface area contributed by atoms with Crippen LogP contribution in [0.4, 0.5) is 4.79 Å². The second-order valence-electron chi connectivity index (χ2n) is 6.28. The molecule has 2 rings (SSSR count). The summed E-state index contributed by atoms with van der Waals surface area (Å²) in [6.07, 6.45) is -0.703. The van der Waals surface area contributed by atoms with Crippen LogP contribution in [0.15, 0.2) is 12.1 Å². The lowest BCUT2D eigenvalue weighted by molar-refractivity contribution is 0.0453. The fourth-order valence-electron chi connectivity index (χ4n) is 2.45. The monoisotopic (exact) mass is 449 g/mol. The third kappa shape index (κ3) is 4.13. The van der Waals surface area contributed by atoms with E-state index >= 15 is 0 Å². The highest BCUT2D eigenvalue weighted by Crippen LogP contribution is 2.36. The Hall–Kier alpha value is -1.24. The number of carbonyl (C=O) groups is 2. The van der Waals surface area contributed by atoms with E-state index in [0.717, 1.165) is 0 Å². The summed E-state index contributed by atoms with van der Waals surface area (Å²) in [6.45, 7) is 7.09. The summed E-state index contributed by atoms with van der Waals surface area (Å²) in [5.74, 6) is -0.633. The smallest absolute Gasteiger partial charge is 0.419 e. The minimum Gasteiger partial charge on any atom is -0.461 e. The van der Waals surface area contributed by atoms with Crippen LogP contribution in [-0.4, -0.2) is 28.8 Å². The van der Waals surface area contributed by atoms with Crippen LogP contribution in [0.5, 0.6) is 0 Å². The highest BCUT2D eigenvalue weighted by molar-refractivity contribution is 9.08. The molecule has 0 N–H and O–H groups in total. The van der Waals surface area contributed by atoms with Gasteiger partial charge in [-0.2, -0.15) is 0 Å². The standard InChI is InChI=1S/C17H18BrCl2NO4/c1-5-24-15(22)14-10(8-18)13-11(20)6-9(19)7-12(13)21(14)16(23)25-17(2,3)4/h6-7H,5,8H2,1-4H3. The molecule has 1 aromatic heterocycles. The molecule has 1 heterocycles. The van der Waals surface area contributed by atoms with Crippen molar-refractivity contribution >= 4 is 62.1 Å². The molecular formula is C17H18BrCl2NO4. The Morgan fingerprint density at radius 2 is 1.88 bits per heavy atom. The van der Waals surface area contributed by atoms with Gasteiger partial charge in [0, 0.05) is 21.3 Å². The largest absolute Gasteiger partial charge is 0.461 e. The molecular weight excluding hydrogens is 433 g/mol. The third-order valence-corrected chi connectivity index (χ3v) is 4.34. The number of carbonyl (C=O) groups excluding carboxylic acids is 2. The molecule has 0 fully saturated rings. The number of fused-ring (bicyclic) bond motifs is 1. The van der Waals surface area contributed by atoms with E-state index in [1.807, 2.05) is 0 Å². The molecule has 2 aromatic rings. The molecule has 0 atom stereocenters. The van der Waals surface area contributed by atoms with Crippen molar-refractivity contribution in [2.45, 2.75) is 38.6 Å². The zero-order chi connectivity index (χ0) is 18.9. The Morgan fingerprint density at radius 1 is 1.24 bits per heavy atom. The first kappa shape index (κ1) is 20.1. The molecule has 0 bridgehead atoms. The van der Waals surface area contributed by atoms with Crippen molar-refractivity contribution in [3.05, 3.63) is 33.4 Å². The normalized spacial score (nSPS) is 11.6. The minimum absolute atomic E-state index is 0.0761. The topological polar surface area (TPSA) is 57.5 Å². The number of benzene rings is 1. The van der Waals surface area contributed by atoms with Gasteiger partial charge in [-0.3, -0.25) is 0 Å². The third-order valence-electron chi connectivity index (χ3n) is 3.26. The molecule has 0 saturated carbocycles. The molecule has 0 aliphatic carbocycles. The molecule has 0 aliphatic rings. The predicted molar refractivity (Wildman–Crippen MR) is 102 cm³/mol. The van der Waals surface area contributed by atoms with E-state index < -0.39 is 17.7 Å². The van der Waals surface area contributed by atoms with E-state index in [1.165, 1.54) is 4.57 Å². The second-order valence-corrected chi connectivity index (χ2v) is 7.68. The van der Waals surface area contributed by atoms with E-state index in [9.17, 15) is 9.59 Å². The van der Waals surface area contributed by atoms with Crippen LogP contribution >= 0.6 is 39.1 Å². The van der Waals surface area contributed by atoms with Crippen molar-refractivity contribution in [2.24, 2.45) is 0 Å². The highest BCUT2D eigenvalue weighted by Gasteiger charge is 2.30. The number of rotatable bonds is 3. The SMILES string of the molecule is CCOC(=O)c1c(CBr)c2c(Cl)cc(Cl)cc2n1C(=O)OC(C)(C)C. The molecule has 0 radical (unpaired) electrons. The van der Waals surface area contributed by atoms with Gasteiger partial charge in [0.1, 0.15) is 11.3 Å². The zero-order valence-corrected chi connectivity index (χ0v) is 17.4. The van der Waals surface area contributed by atoms with E-state index in [-0.39, 0.29) is 12.3 Å². The van der Waals surface area contributed by atoms with Crippen molar-refractivity contribution < 1.29 is 19.1 Å². The number of aromatic nitrogens is 1. The summed E-state index contributed by atoms with van der Waals surface area (Å²) in [5.41, 5.74) is 0.272. The van der Waals surface area contributed by atoms with Crippen LogP contribution in [0.25, 0.3) is 10.9 Å². The van der Waals surface area contributed by atoms with Gasteiger partial charge in [0.05, 0.1) is 17.1 Å². The van der Waals surface area contributed by atoms with Crippen LogP contribution in [0.1, 0.15) is 43.7 Å². The van der Waals surface area contributed by atoms with Gasteiger partial charge in [0.25, 0.3) is 0 Å². The molecule has 5 nitrogen and oxygen atoms in total. The number of nitrogens with zero attached hydrogens (tertiary/aromatic N) is 1. The van der Waals surface area contributed by atoms with E-state index in [0.29, 0.717) is 31.8 Å². The average molecular weight is 451 g/mol.